The Morgan fingerprint density at radius 2 is 2.06 bits per heavy atom. The number of hydrogen-bond acceptors (Lipinski definition) is 4. The van der Waals surface area contributed by atoms with Crippen LogP contribution >= 0.6 is 0 Å². The first-order valence-corrected chi connectivity index (χ1v) is 6.86. The molecule has 102 valence electrons. The molecule has 0 spiro atoms. The molecule has 1 rings (SSSR count). The lowest BCUT2D eigenvalue weighted by atomic mass is 10.0. The zero-order chi connectivity index (χ0) is 13.5. The predicted octanol–water partition coefficient (Wildman–Crippen LogP) is 2.70. The van der Waals surface area contributed by atoms with Gasteiger partial charge in [-0.1, -0.05) is 27.2 Å². The molecule has 0 bridgehead atoms. The molecule has 0 aliphatic rings. The molecule has 0 saturated heterocycles. The summed E-state index contributed by atoms with van der Waals surface area (Å²) in [5.74, 6) is 1.77. The highest BCUT2D eigenvalue weighted by Crippen LogP contribution is 2.15. The second kappa shape index (κ2) is 7.31. The highest BCUT2D eigenvalue weighted by molar-refractivity contribution is 5.29. The van der Waals surface area contributed by atoms with Gasteiger partial charge < -0.3 is 11.1 Å². The van der Waals surface area contributed by atoms with Gasteiger partial charge in [0.05, 0.1) is 0 Å². The van der Waals surface area contributed by atoms with Gasteiger partial charge in [0.1, 0.15) is 0 Å². The van der Waals surface area contributed by atoms with E-state index in [0.717, 1.165) is 43.3 Å². The van der Waals surface area contributed by atoms with Gasteiger partial charge in [-0.15, -0.1) is 0 Å². The molecule has 0 fully saturated rings. The summed E-state index contributed by atoms with van der Waals surface area (Å²) in [5, 5.41) is 3.34. The Bertz CT molecular complexity index is 363. The third-order valence-corrected chi connectivity index (χ3v) is 3.17. The van der Waals surface area contributed by atoms with E-state index in [1.807, 2.05) is 13.0 Å². The van der Waals surface area contributed by atoms with E-state index in [-0.39, 0.29) is 0 Å². The molecule has 1 atom stereocenters. The van der Waals surface area contributed by atoms with Gasteiger partial charge in [0.2, 0.25) is 5.95 Å². The van der Waals surface area contributed by atoms with E-state index in [9.17, 15) is 0 Å². The lowest BCUT2D eigenvalue weighted by molar-refractivity contribution is 0.500. The number of rotatable bonds is 7. The van der Waals surface area contributed by atoms with Crippen molar-refractivity contribution in [1.82, 2.24) is 9.97 Å². The van der Waals surface area contributed by atoms with Crippen molar-refractivity contribution in [3.63, 3.8) is 0 Å². The van der Waals surface area contributed by atoms with Crippen LogP contribution in [-0.4, -0.2) is 23.1 Å². The molecule has 0 amide bonds. The smallest absolute Gasteiger partial charge is 0.223 e. The van der Waals surface area contributed by atoms with Crippen LogP contribution in [0.15, 0.2) is 6.07 Å². The van der Waals surface area contributed by atoms with Crippen LogP contribution in [-0.2, 0) is 0 Å². The molecule has 3 N–H and O–H groups in total. The van der Waals surface area contributed by atoms with Crippen molar-refractivity contribution in [2.75, 3.05) is 18.4 Å². The minimum atomic E-state index is 0.429. The van der Waals surface area contributed by atoms with Crippen molar-refractivity contribution < 1.29 is 0 Å². The highest BCUT2D eigenvalue weighted by atomic mass is 15.1. The molecule has 18 heavy (non-hydrogen) atoms. The number of nitrogens with two attached hydrogens (primary N) is 1. The van der Waals surface area contributed by atoms with Gasteiger partial charge >= 0.3 is 0 Å². The maximum absolute atomic E-state index is 5.60. The molecule has 1 aromatic rings. The summed E-state index contributed by atoms with van der Waals surface area (Å²) in [6.07, 6.45) is 2.18. The quantitative estimate of drug-likeness (QED) is 0.781. The van der Waals surface area contributed by atoms with Crippen LogP contribution in [0.5, 0.6) is 0 Å². The number of aromatic nitrogens is 2. The maximum Gasteiger partial charge on any atom is 0.223 e. The fourth-order valence-electron chi connectivity index (χ4n) is 1.89. The van der Waals surface area contributed by atoms with Crippen LogP contribution < -0.4 is 11.1 Å². The van der Waals surface area contributed by atoms with Crippen molar-refractivity contribution in [1.29, 1.82) is 0 Å². The number of hydrogen-bond donors (Lipinski definition) is 2. The van der Waals surface area contributed by atoms with Crippen LogP contribution in [0, 0.1) is 12.8 Å². The van der Waals surface area contributed by atoms with E-state index >= 15 is 0 Å². The molecule has 1 aromatic heterocycles. The lowest BCUT2D eigenvalue weighted by Crippen LogP contribution is -2.19. The first-order valence-electron chi connectivity index (χ1n) is 6.86. The SMILES string of the molecule is CCC(CCN)CNc1nc(C)cc(C(C)C)n1. The minimum absolute atomic E-state index is 0.429. The highest BCUT2D eigenvalue weighted by Gasteiger charge is 2.08. The normalized spacial score (nSPS) is 12.8. The average molecular weight is 250 g/mol. The number of anilines is 1. The summed E-state index contributed by atoms with van der Waals surface area (Å²) in [5.41, 5.74) is 7.71. The molecule has 0 radical (unpaired) electrons. The van der Waals surface area contributed by atoms with Crippen molar-refractivity contribution >= 4 is 5.95 Å². The lowest BCUT2D eigenvalue weighted by Gasteiger charge is -2.15. The van der Waals surface area contributed by atoms with Gasteiger partial charge in [-0.2, -0.15) is 0 Å². The van der Waals surface area contributed by atoms with E-state index in [2.05, 4.69) is 36.1 Å². The molecule has 4 nitrogen and oxygen atoms in total. The summed E-state index contributed by atoms with van der Waals surface area (Å²) < 4.78 is 0. The summed E-state index contributed by atoms with van der Waals surface area (Å²) in [6, 6.07) is 2.05. The van der Waals surface area contributed by atoms with Crippen LogP contribution in [0.2, 0.25) is 0 Å². The Morgan fingerprint density at radius 3 is 2.61 bits per heavy atom. The summed E-state index contributed by atoms with van der Waals surface area (Å²) in [6.45, 7) is 10.1. The van der Waals surface area contributed by atoms with E-state index in [4.69, 9.17) is 5.73 Å². The maximum atomic E-state index is 5.60. The Labute approximate surface area is 110 Å². The van der Waals surface area contributed by atoms with Crippen molar-refractivity contribution in [2.24, 2.45) is 11.7 Å². The van der Waals surface area contributed by atoms with Gasteiger partial charge in [-0.25, -0.2) is 9.97 Å². The number of aryl methyl sites for hydroxylation is 1. The Morgan fingerprint density at radius 1 is 1.33 bits per heavy atom. The molecular formula is C14H26N4. The third-order valence-electron chi connectivity index (χ3n) is 3.17. The molecule has 1 unspecified atom stereocenters. The fraction of sp³-hybridized carbons (Fsp3) is 0.714. The van der Waals surface area contributed by atoms with Gasteiger partial charge in [0, 0.05) is 17.9 Å². The van der Waals surface area contributed by atoms with Crippen molar-refractivity contribution in [2.45, 2.75) is 46.5 Å². The zero-order valence-electron chi connectivity index (χ0n) is 12.0. The van der Waals surface area contributed by atoms with Crippen LogP contribution in [0.1, 0.15) is 50.9 Å². The summed E-state index contributed by atoms with van der Waals surface area (Å²) in [4.78, 5) is 8.98. The standard InChI is InChI=1S/C14H26N4/c1-5-12(6-7-15)9-16-14-17-11(4)8-13(18-14)10(2)3/h8,10,12H,5-7,9,15H2,1-4H3,(H,16,17,18). The van der Waals surface area contributed by atoms with Crippen LogP contribution in [0.3, 0.4) is 0 Å². The largest absolute Gasteiger partial charge is 0.354 e. The molecule has 0 aliphatic heterocycles. The molecule has 4 heteroatoms. The molecular weight excluding hydrogens is 224 g/mol. The fourth-order valence-corrected chi connectivity index (χ4v) is 1.89. The van der Waals surface area contributed by atoms with Gasteiger partial charge in [0.25, 0.3) is 0 Å². The van der Waals surface area contributed by atoms with Gasteiger partial charge in [-0.3, -0.25) is 0 Å². The molecule has 0 saturated carbocycles. The first-order chi connectivity index (χ1) is 8.56. The summed E-state index contributed by atoms with van der Waals surface area (Å²) >= 11 is 0. The minimum Gasteiger partial charge on any atom is -0.354 e. The monoisotopic (exact) mass is 250 g/mol. The topological polar surface area (TPSA) is 63.8 Å². The van der Waals surface area contributed by atoms with E-state index < -0.39 is 0 Å². The Balaban J connectivity index is 2.66. The molecule has 1 heterocycles. The zero-order valence-corrected chi connectivity index (χ0v) is 12.0. The second-order valence-electron chi connectivity index (χ2n) is 5.15. The molecule has 0 aliphatic carbocycles. The Hall–Kier alpha value is -1.16. The van der Waals surface area contributed by atoms with Gasteiger partial charge in [0.15, 0.2) is 0 Å². The number of nitrogens with one attached hydrogen (secondary N) is 1. The number of nitrogens with zero attached hydrogens (tertiary/aromatic N) is 2. The first kappa shape index (κ1) is 14.9. The van der Waals surface area contributed by atoms with E-state index in [1.165, 1.54) is 0 Å². The third kappa shape index (κ3) is 4.61. The van der Waals surface area contributed by atoms with E-state index in [1.54, 1.807) is 0 Å². The molecule has 0 aromatic carbocycles. The Kier molecular flexibility index (Phi) is 6.05. The summed E-state index contributed by atoms with van der Waals surface area (Å²) in [7, 11) is 0. The van der Waals surface area contributed by atoms with E-state index in [0.29, 0.717) is 11.8 Å². The predicted molar refractivity (Wildman–Crippen MR) is 76.8 cm³/mol. The van der Waals surface area contributed by atoms with Crippen molar-refractivity contribution in [3.05, 3.63) is 17.5 Å². The second-order valence-corrected chi connectivity index (χ2v) is 5.15. The van der Waals surface area contributed by atoms with Crippen molar-refractivity contribution in [3.8, 4) is 0 Å². The van der Waals surface area contributed by atoms with Crippen LogP contribution in [0.25, 0.3) is 0 Å². The van der Waals surface area contributed by atoms with Crippen LogP contribution in [0.4, 0.5) is 5.95 Å². The average Bonchev–Trinajstić information content (AvgIpc) is 2.33. The van der Waals surface area contributed by atoms with Gasteiger partial charge in [-0.05, 0) is 37.8 Å².